The van der Waals surface area contributed by atoms with Crippen LogP contribution < -0.4 is 10.1 Å². The fourth-order valence-electron chi connectivity index (χ4n) is 2.78. The Kier molecular flexibility index (Phi) is 9.48. The van der Waals surface area contributed by atoms with Crippen LogP contribution in [0.25, 0.3) is 0 Å². The topological polar surface area (TPSA) is 64.6 Å². The van der Waals surface area contributed by atoms with Crippen molar-refractivity contribution >= 4 is 17.9 Å². The van der Waals surface area contributed by atoms with E-state index in [1.54, 1.807) is 26.2 Å². The molecule has 144 valence electrons. The average Bonchev–Trinajstić information content (AvgIpc) is 2.62. The van der Waals surface area contributed by atoms with Crippen molar-refractivity contribution in [1.82, 2.24) is 0 Å². The molecular formula is C21H31NO4. The minimum Gasteiger partial charge on any atom is -0.497 e. The van der Waals surface area contributed by atoms with Gasteiger partial charge in [0.2, 0.25) is 0 Å². The second kappa shape index (κ2) is 11.3. The molecule has 5 nitrogen and oxygen atoms in total. The molecule has 0 aliphatic rings. The van der Waals surface area contributed by atoms with E-state index in [-0.39, 0.29) is 12.5 Å². The maximum Gasteiger partial charge on any atom is 0.329 e. The number of hydrogen-bond donors (Lipinski definition) is 1. The zero-order valence-corrected chi connectivity index (χ0v) is 16.5. The molecule has 0 bridgehead atoms. The van der Waals surface area contributed by atoms with Crippen LogP contribution in [0.2, 0.25) is 0 Å². The van der Waals surface area contributed by atoms with E-state index in [0.717, 1.165) is 30.6 Å². The Morgan fingerprint density at radius 2 is 1.88 bits per heavy atom. The van der Waals surface area contributed by atoms with E-state index in [1.807, 2.05) is 19.1 Å². The number of esters is 1. The molecule has 0 heterocycles. The number of anilines is 1. The first-order valence-corrected chi connectivity index (χ1v) is 9.08. The summed E-state index contributed by atoms with van der Waals surface area (Å²) in [6.45, 7) is 8.14. The maximum absolute atomic E-state index is 12.5. The zero-order valence-electron chi connectivity index (χ0n) is 16.5. The van der Waals surface area contributed by atoms with Gasteiger partial charge < -0.3 is 19.6 Å². The summed E-state index contributed by atoms with van der Waals surface area (Å²) in [5.41, 5.74) is 1.99. The third-order valence-electron chi connectivity index (χ3n) is 4.33. The molecule has 1 aromatic rings. The van der Waals surface area contributed by atoms with Gasteiger partial charge in [-0.3, -0.25) is 0 Å². The van der Waals surface area contributed by atoms with Crippen LogP contribution in [0.1, 0.15) is 40.5 Å². The third kappa shape index (κ3) is 6.90. The Bertz CT molecular complexity index is 591. The number of carbonyl (C=O) groups excluding carboxylic acids is 2. The summed E-state index contributed by atoms with van der Waals surface area (Å²) in [5.74, 6) is -0.107. The van der Waals surface area contributed by atoms with E-state index in [4.69, 9.17) is 9.47 Å². The van der Waals surface area contributed by atoms with Crippen molar-refractivity contribution in [2.24, 2.45) is 11.8 Å². The number of aldehydes is 1. The van der Waals surface area contributed by atoms with E-state index in [2.05, 4.69) is 25.2 Å². The minimum atomic E-state index is -0.720. The van der Waals surface area contributed by atoms with Crippen LogP contribution in [0.5, 0.6) is 5.75 Å². The van der Waals surface area contributed by atoms with Gasteiger partial charge in [-0.25, -0.2) is 4.79 Å². The molecule has 0 unspecified atom stereocenters. The number of nitrogens with one attached hydrogen (secondary N) is 1. The van der Waals surface area contributed by atoms with Crippen molar-refractivity contribution in [1.29, 1.82) is 0 Å². The molecular weight excluding hydrogens is 330 g/mol. The summed E-state index contributed by atoms with van der Waals surface area (Å²) < 4.78 is 10.3. The Balaban J connectivity index is 2.95. The number of ether oxygens (including phenoxy) is 2. The molecule has 0 aromatic heterocycles. The monoisotopic (exact) mass is 361 g/mol. The van der Waals surface area contributed by atoms with Crippen molar-refractivity contribution in [3.8, 4) is 5.75 Å². The van der Waals surface area contributed by atoms with Crippen molar-refractivity contribution in [2.45, 2.75) is 46.6 Å². The highest BCUT2D eigenvalue weighted by molar-refractivity contribution is 5.83. The highest BCUT2D eigenvalue weighted by atomic mass is 16.5. The molecule has 0 amide bonds. The van der Waals surface area contributed by atoms with E-state index >= 15 is 0 Å². The first-order valence-electron chi connectivity index (χ1n) is 9.08. The number of methoxy groups -OCH3 is 1. The number of rotatable bonds is 11. The third-order valence-corrected chi connectivity index (χ3v) is 4.33. The first kappa shape index (κ1) is 21.7. The fraction of sp³-hybridized carbons (Fsp3) is 0.524. The van der Waals surface area contributed by atoms with Crippen LogP contribution in [-0.2, 0) is 14.3 Å². The molecule has 3 atom stereocenters. The SMILES string of the molecule is CCOC(=O)[C@@H](Nc1ccc(OC)cc1)[C@@H](C=O)[C@@H](C)CCC=C(C)C. The molecule has 1 rings (SSSR count). The summed E-state index contributed by atoms with van der Waals surface area (Å²) in [4.78, 5) is 24.3. The van der Waals surface area contributed by atoms with Crippen LogP contribution >= 0.6 is 0 Å². The van der Waals surface area contributed by atoms with Gasteiger partial charge in [-0.1, -0.05) is 18.6 Å². The van der Waals surface area contributed by atoms with Crippen LogP contribution in [-0.4, -0.2) is 32.0 Å². The van der Waals surface area contributed by atoms with Crippen molar-refractivity contribution < 1.29 is 19.1 Å². The van der Waals surface area contributed by atoms with Gasteiger partial charge in [0, 0.05) is 11.6 Å². The molecule has 5 heteroatoms. The van der Waals surface area contributed by atoms with Gasteiger partial charge in [0.05, 0.1) is 13.7 Å². The highest BCUT2D eigenvalue weighted by Gasteiger charge is 2.33. The summed E-state index contributed by atoms with van der Waals surface area (Å²) in [5, 5.41) is 3.17. The van der Waals surface area contributed by atoms with Crippen molar-refractivity contribution in [3.63, 3.8) is 0 Å². The predicted octanol–water partition coefficient (Wildman–Crippen LogP) is 4.24. The number of hydrogen-bond acceptors (Lipinski definition) is 5. The minimum absolute atomic E-state index is 0.0447. The van der Waals surface area contributed by atoms with E-state index in [0.29, 0.717) is 0 Å². The van der Waals surface area contributed by atoms with Gasteiger partial charge in [-0.15, -0.1) is 0 Å². The fourth-order valence-corrected chi connectivity index (χ4v) is 2.78. The molecule has 0 saturated heterocycles. The standard InChI is InChI=1S/C21H31NO4/c1-6-26-21(24)20(22-17-10-12-18(25-5)13-11-17)19(14-23)16(4)9-7-8-15(2)3/h8,10-14,16,19-20,22H,6-7,9H2,1-5H3/t16-,19-,20-/m0/s1. The van der Waals surface area contributed by atoms with Crippen LogP contribution in [0, 0.1) is 11.8 Å². The molecule has 0 spiro atoms. The zero-order chi connectivity index (χ0) is 19.5. The lowest BCUT2D eigenvalue weighted by molar-refractivity contribution is -0.146. The van der Waals surface area contributed by atoms with Crippen molar-refractivity contribution in [3.05, 3.63) is 35.9 Å². The van der Waals surface area contributed by atoms with Gasteiger partial charge in [0.1, 0.15) is 18.1 Å². The summed E-state index contributed by atoms with van der Waals surface area (Å²) >= 11 is 0. The molecule has 0 fully saturated rings. The second-order valence-electron chi connectivity index (χ2n) is 6.65. The van der Waals surface area contributed by atoms with Gasteiger partial charge in [-0.05, 0) is 63.8 Å². The highest BCUT2D eigenvalue weighted by Crippen LogP contribution is 2.24. The smallest absolute Gasteiger partial charge is 0.329 e. The van der Waals surface area contributed by atoms with Crippen LogP contribution in [0.15, 0.2) is 35.9 Å². The molecule has 26 heavy (non-hydrogen) atoms. The van der Waals surface area contributed by atoms with Crippen LogP contribution in [0.3, 0.4) is 0 Å². The summed E-state index contributed by atoms with van der Waals surface area (Å²) in [6.07, 6.45) is 4.72. The Hall–Kier alpha value is -2.30. The average molecular weight is 361 g/mol. The molecule has 0 aliphatic carbocycles. The second-order valence-corrected chi connectivity index (χ2v) is 6.65. The Morgan fingerprint density at radius 3 is 2.38 bits per heavy atom. The van der Waals surface area contributed by atoms with E-state index < -0.39 is 17.9 Å². The summed E-state index contributed by atoms with van der Waals surface area (Å²) in [6, 6.07) is 6.53. The Labute approximate surface area is 156 Å². The van der Waals surface area contributed by atoms with Gasteiger partial charge in [0.25, 0.3) is 0 Å². The van der Waals surface area contributed by atoms with Crippen LogP contribution in [0.4, 0.5) is 5.69 Å². The lowest BCUT2D eigenvalue weighted by atomic mass is 9.85. The first-order chi connectivity index (χ1) is 12.4. The van der Waals surface area contributed by atoms with Gasteiger partial charge in [0.15, 0.2) is 0 Å². The molecule has 0 aliphatic heterocycles. The van der Waals surface area contributed by atoms with E-state index in [9.17, 15) is 9.59 Å². The predicted molar refractivity (Wildman–Crippen MR) is 104 cm³/mol. The number of carbonyl (C=O) groups is 2. The van der Waals surface area contributed by atoms with E-state index in [1.165, 1.54) is 5.57 Å². The maximum atomic E-state index is 12.5. The normalized spacial score (nSPS) is 13.9. The molecule has 0 saturated carbocycles. The quantitative estimate of drug-likeness (QED) is 0.363. The lowest BCUT2D eigenvalue weighted by Gasteiger charge is -2.27. The molecule has 1 aromatic carbocycles. The Morgan fingerprint density at radius 1 is 1.23 bits per heavy atom. The number of allylic oxidation sites excluding steroid dienone is 2. The lowest BCUT2D eigenvalue weighted by Crippen LogP contribution is -2.42. The van der Waals surface area contributed by atoms with Gasteiger partial charge >= 0.3 is 5.97 Å². The largest absolute Gasteiger partial charge is 0.497 e. The van der Waals surface area contributed by atoms with Crippen molar-refractivity contribution in [2.75, 3.05) is 19.0 Å². The number of benzene rings is 1. The van der Waals surface area contributed by atoms with Gasteiger partial charge in [-0.2, -0.15) is 0 Å². The molecule has 0 radical (unpaired) electrons. The summed E-state index contributed by atoms with van der Waals surface area (Å²) in [7, 11) is 1.60. The molecule has 1 N–H and O–H groups in total.